The first-order chi connectivity index (χ1) is 7.49. The second-order valence-corrected chi connectivity index (χ2v) is 4.14. The average Bonchev–Trinajstić information content (AvgIpc) is 2.21. The quantitative estimate of drug-likeness (QED) is 0.873. The first kappa shape index (κ1) is 12.7. The summed E-state index contributed by atoms with van der Waals surface area (Å²) in [5.41, 5.74) is 0.873. The van der Waals surface area contributed by atoms with E-state index in [-0.39, 0.29) is 18.1 Å². The molecule has 0 fully saturated rings. The summed E-state index contributed by atoms with van der Waals surface area (Å²) in [5, 5.41) is 3.26. The van der Waals surface area contributed by atoms with Gasteiger partial charge in [-0.2, -0.15) is 0 Å². The zero-order chi connectivity index (χ0) is 12.1. The van der Waals surface area contributed by atoms with Gasteiger partial charge in [0.2, 0.25) is 5.91 Å². The van der Waals surface area contributed by atoms with Crippen molar-refractivity contribution in [2.24, 2.45) is 0 Å². The highest BCUT2D eigenvalue weighted by atomic mass is 35.5. The standard InChI is InChI=1S/C12H14ClNO2/c1-8(9(2)15)14-12(16)7-10-3-5-11(13)6-4-10/h3-6,8H,7H2,1-2H3,(H,14,16). The van der Waals surface area contributed by atoms with E-state index in [1.54, 1.807) is 31.2 Å². The van der Waals surface area contributed by atoms with Gasteiger partial charge in [-0.3, -0.25) is 9.59 Å². The molecule has 1 aromatic carbocycles. The third kappa shape index (κ3) is 4.03. The summed E-state index contributed by atoms with van der Waals surface area (Å²) in [6.45, 7) is 3.12. The van der Waals surface area contributed by atoms with E-state index in [2.05, 4.69) is 5.32 Å². The number of carbonyl (C=O) groups excluding carboxylic acids is 2. The van der Waals surface area contributed by atoms with Crippen molar-refractivity contribution in [1.29, 1.82) is 0 Å². The van der Waals surface area contributed by atoms with Crippen molar-refractivity contribution >= 4 is 23.3 Å². The van der Waals surface area contributed by atoms with Gasteiger partial charge in [-0.25, -0.2) is 0 Å². The van der Waals surface area contributed by atoms with Crippen molar-refractivity contribution in [1.82, 2.24) is 5.32 Å². The van der Waals surface area contributed by atoms with E-state index < -0.39 is 6.04 Å². The lowest BCUT2D eigenvalue weighted by molar-refractivity contribution is -0.126. The molecule has 0 saturated heterocycles. The SMILES string of the molecule is CC(=O)C(C)NC(=O)Cc1ccc(Cl)cc1. The summed E-state index contributed by atoms with van der Waals surface area (Å²) in [7, 11) is 0. The van der Waals surface area contributed by atoms with Crippen LogP contribution in [-0.2, 0) is 16.0 Å². The minimum atomic E-state index is -0.431. The number of amides is 1. The van der Waals surface area contributed by atoms with Crippen LogP contribution in [0, 0.1) is 0 Å². The zero-order valence-electron chi connectivity index (χ0n) is 9.29. The summed E-state index contributed by atoms with van der Waals surface area (Å²) in [5.74, 6) is -0.213. The summed E-state index contributed by atoms with van der Waals surface area (Å²) < 4.78 is 0. The highest BCUT2D eigenvalue weighted by molar-refractivity contribution is 6.30. The maximum atomic E-state index is 11.5. The van der Waals surface area contributed by atoms with Gasteiger partial charge in [0, 0.05) is 5.02 Å². The molecule has 0 aromatic heterocycles. The number of hydrogen-bond acceptors (Lipinski definition) is 2. The molecule has 1 atom stereocenters. The Morgan fingerprint density at radius 2 is 1.88 bits per heavy atom. The van der Waals surface area contributed by atoms with Crippen LogP contribution in [0.25, 0.3) is 0 Å². The molecule has 0 bridgehead atoms. The lowest BCUT2D eigenvalue weighted by Crippen LogP contribution is -2.38. The summed E-state index contributed by atoms with van der Waals surface area (Å²) in [6, 6.07) is 6.62. The van der Waals surface area contributed by atoms with Crippen LogP contribution in [0.1, 0.15) is 19.4 Å². The number of nitrogens with one attached hydrogen (secondary N) is 1. The van der Waals surface area contributed by atoms with Crippen molar-refractivity contribution in [3.63, 3.8) is 0 Å². The second-order valence-electron chi connectivity index (χ2n) is 3.70. The fraction of sp³-hybridized carbons (Fsp3) is 0.333. The molecule has 0 aliphatic carbocycles. The fourth-order valence-electron chi connectivity index (χ4n) is 1.18. The predicted octanol–water partition coefficient (Wildman–Crippen LogP) is 1.98. The van der Waals surface area contributed by atoms with Crippen molar-refractivity contribution in [3.8, 4) is 0 Å². The van der Waals surface area contributed by atoms with Crippen LogP contribution in [0.4, 0.5) is 0 Å². The molecule has 16 heavy (non-hydrogen) atoms. The molecule has 4 heteroatoms. The van der Waals surface area contributed by atoms with Crippen LogP contribution < -0.4 is 5.32 Å². The number of halogens is 1. The minimum Gasteiger partial charge on any atom is -0.346 e. The predicted molar refractivity (Wildman–Crippen MR) is 63.4 cm³/mol. The first-order valence-electron chi connectivity index (χ1n) is 5.03. The monoisotopic (exact) mass is 239 g/mol. The number of benzene rings is 1. The van der Waals surface area contributed by atoms with Crippen LogP contribution in [-0.4, -0.2) is 17.7 Å². The van der Waals surface area contributed by atoms with Crippen LogP contribution in [0.15, 0.2) is 24.3 Å². The van der Waals surface area contributed by atoms with Crippen LogP contribution >= 0.6 is 11.6 Å². The van der Waals surface area contributed by atoms with Crippen molar-refractivity contribution in [2.75, 3.05) is 0 Å². The summed E-state index contributed by atoms with van der Waals surface area (Å²) in [4.78, 5) is 22.5. The Kier molecular flexibility index (Phi) is 4.50. The number of carbonyl (C=O) groups is 2. The van der Waals surface area contributed by atoms with E-state index in [9.17, 15) is 9.59 Å². The molecule has 0 aliphatic rings. The minimum absolute atomic E-state index is 0.0514. The Morgan fingerprint density at radius 1 is 1.31 bits per heavy atom. The number of rotatable bonds is 4. The largest absolute Gasteiger partial charge is 0.346 e. The number of hydrogen-bond donors (Lipinski definition) is 1. The molecule has 1 unspecified atom stereocenters. The van der Waals surface area contributed by atoms with E-state index >= 15 is 0 Å². The van der Waals surface area contributed by atoms with E-state index in [0.29, 0.717) is 5.02 Å². The van der Waals surface area contributed by atoms with Gasteiger partial charge in [0.1, 0.15) is 0 Å². The Bertz CT molecular complexity index is 387. The van der Waals surface area contributed by atoms with Gasteiger partial charge in [-0.05, 0) is 31.5 Å². The second kappa shape index (κ2) is 5.66. The number of ketones is 1. The Balaban J connectivity index is 2.52. The molecule has 1 rings (SSSR count). The smallest absolute Gasteiger partial charge is 0.224 e. The number of Topliss-reactive ketones (excluding diaryl/α,β-unsaturated/α-hetero) is 1. The van der Waals surface area contributed by atoms with Gasteiger partial charge >= 0.3 is 0 Å². The molecule has 1 amide bonds. The normalized spacial score (nSPS) is 11.9. The van der Waals surface area contributed by atoms with E-state index in [1.165, 1.54) is 6.92 Å². The van der Waals surface area contributed by atoms with Crippen molar-refractivity contribution in [2.45, 2.75) is 26.3 Å². The molecule has 86 valence electrons. The highest BCUT2D eigenvalue weighted by Crippen LogP contribution is 2.09. The Morgan fingerprint density at radius 3 is 2.38 bits per heavy atom. The van der Waals surface area contributed by atoms with Gasteiger partial charge < -0.3 is 5.32 Å². The summed E-state index contributed by atoms with van der Waals surface area (Å²) in [6.07, 6.45) is 0.259. The first-order valence-corrected chi connectivity index (χ1v) is 5.41. The molecule has 0 radical (unpaired) electrons. The maximum absolute atomic E-state index is 11.5. The third-order valence-corrected chi connectivity index (χ3v) is 2.52. The third-order valence-electron chi connectivity index (χ3n) is 2.27. The van der Waals surface area contributed by atoms with Crippen molar-refractivity contribution < 1.29 is 9.59 Å². The molecule has 0 spiro atoms. The van der Waals surface area contributed by atoms with Gasteiger partial charge in [0.25, 0.3) is 0 Å². The van der Waals surface area contributed by atoms with E-state index in [4.69, 9.17) is 11.6 Å². The molecule has 1 N–H and O–H groups in total. The van der Waals surface area contributed by atoms with Gasteiger partial charge in [-0.15, -0.1) is 0 Å². The molecule has 3 nitrogen and oxygen atoms in total. The molecule has 1 aromatic rings. The Hall–Kier alpha value is -1.35. The van der Waals surface area contributed by atoms with Gasteiger partial charge in [0.15, 0.2) is 5.78 Å². The zero-order valence-corrected chi connectivity index (χ0v) is 10.0. The molecular weight excluding hydrogens is 226 g/mol. The average molecular weight is 240 g/mol. The lowest BCUT2D eigenvalue weighted by Gasteiger charge is -2.10. The molecule has 0 aliphatic heterocycles. The van der Waals surface area contributed by atoms with E-state index in [1.807, 2.05) is 0 Å². The van der Waals surface area contributed by atoms with Crippen molar-refractivity contribution in [3.05, 3.63) is 34.9 Å². The molecule has 0 heterocycles. The van der Waals surface area contributed by atoms with Gasteiger partial charge in [-0.1, -0.05) is 23.7 Å². The van der Waals surface area contributed by atoms with Gasteiger partial charge in [0.05, 0.1) is 12.5 Å². The van der Waals surface area contributed by atoms with Crippen LogP contribution in [0.2, 0.25) is 5.02 Å². The summed E-state index contributed by atoms with van der Waals surface area (Å²) >= 11 is 5.73. The van der Waals surface area contributed by atoms with Crippen LogP contribution in [0.5, 0.6) is 0 Å². The lowest BCUT2D eigenvalue weighted by atomic mass is 10.1. The Labute approximate surface area is 99.8 Å². The topological polar surface area (TPSA) is 46.2 Å². The maximum Gasteiger partial charge on any atom is 0.224 e. The highest BCUT2D eigenvalue weighted by Gasteiger charge is 2.11. The molecular formula is C12H14ClNO2. The van der Waals surface area contributed by atoms with E-state index in [0.717, 1.165) is 5.56 Å². The molecule has 0 saturated carbocycles. The van der Waals surface area contributed by atoms with Crippen LogP contribution in [0.3, 0.4) is 0 Å². The fourth-order valence-corrected chi connectivity index (χ4v) is 1.31.